The van der Waals surface area contributed by atoms with Crippen LogP contribution in [0.15, 0.2) is 42.5 Å². The van der Waals surface area contributed by atoms with Gasteiger partial charge in [0.2, 0.25) is 0 Å². The van der Waals surface area contributed by atoms with Crippen molar-refractivity contribution >= 4 is 11.4 Å². The Morgan fingerprint density at radius 2 is 1.72 bits per heavy atom. The van der Waals surface area contributed by atoms with Gasteiger partial charge < -0.3 is 10.6 Å². The van der Waals surface area contributed by atoms with E-state index in [1.54, 1.807) is 0 Å². The molecule has 0 aliphatic rings. The molecule has 0 saturated heterocycles. The highest BCUT2D eigenvalue weighted by molar-refractivity contribution is 5.64. The Labute approximate surface area is 109 Å². The first-order chi connectivity index (χ1) is 8.59. The number of anilines is 2. The molecular weight excluding hydrogens is 220 g/mol. The highest BCUT2D eigenvalue weighted by Gasteiger charge is 2.08. The number of hydrogen-bond acceptors (Lipinski definition) is 2. The summed E-state index contributed by atoms with van der Waals surface area (Å²) in [6.07, 6.45) is 0. The molecule has 0 aliphatic heterocycles. The van der Waals surface area contributed by atoms with Crippen LogP contribution in [0.4, 0.5) is 11.4 Å². The molecule has 2 rings (SSSR count). The van der Waals surface area contributed by atoms with Crippen LogP contribution >= 0.6 is 0 Å². The largest absolute Gasteiger partial charge is 0.398 e. The van der Waals surface area contributed by atoms with Gasteiger partial charge >= 0.3 is 0 Å². The Kier molecular flexibility index (Phi) is 3.56. The van der Waals surface area contributed by atoms with Crippen LogP contribution in [-0.2, 0) is 6.54 Å². The van der Waals surface area contributed by atoms with Gasteiger partial charge in [0.25, 0.3) is 0 Å². The normalized spacial score (nSPS) is 10.4. The maximum atomic E-state index is 5.96. The molecule has 0 radical (unpaired) electrons. The summed E-state index contributed by atoms with van der Waals surface area (Å²) >= 11 is 0. The van der Waals surface area contributed by atoms with Gasteiger partial charge in [-0.1, -0.05) is 30.3 Å². The minimum Gasteiger partial charge on any atom is -0.398 e. The summed E-state index contributed by atoms with van der Waals surface area (Å²) in [4.78, 5) is 2.24. The first-order valence-electron chi connectivity index (χ1n) is 6.20. The molecule has 0 unspecified atom stereocenters. The molecule has 0 heterocycles. The smallest absolute Gasteiger partial charge is 0.0428 e. The van der Waals surface area contributed by atoms with E-state index < -0.39 is 0 Å². The number of nitrogen functional groups attached to an aromatic ring is 1. The topological polar surface area (TPSA) is 29.3 Å². The third-order valence-corrected chi connectivity index (χ3v) is 3.43. The van der Waals surface area contributed by atoms with Crippen molar-refractivity contribution < 1.29 is 0 Å². The minimum atomic E-state index is 0.851. The Bertz CT molecular complexity index is 547. The molecule has 2 heteroatoms. The maximum absolute atomic E-state index is 5.96. The summed E-state index contributed by atoms with van der Waals surface area (Å²) in [5, 5.41) is 0. The minimum absolute atomic E-state index is 0.851. The molecule has 0 saturated carbocycles. The molecule has 0 aliphatic carbocycles. The van der Waals surface area contributed by atoms with Crippen molar-refractivity contribution in [3.8, 4) is 0 Å². The molecule has 94 valence electrons. The fourth-order valence-corrected chi connectivity index (χ4v) is 2.18. The number of benzene rings is 2. The van der Waals surface area contributed by atoms with Gasteiger partial charge in [-0.2, -0.15) is 0 Å². The van der Waals surface area contributed by atoms with Crippen LogP contribution in [0.25, 0.3) is 0 Å². The van der Waals surface area contributed by atoms with Crippen LogP contribution in [0.3, 0.4) is 0 Å². The molecule has 0 atom stereocenters. The van der Waals surface area contributed by atoms with E-state index in [1.807, 2.05) is 12.1 Å². The Balaban J connectivity index is 2.25. The zero-order valence-electron chi connectivity index (χ0n) is 11.3. The van der Waals surface area contributed by atoms with Crippen molar-refractivity contribution in [2.24, 2.45) is 0 Å². The summed E-state index contributed by atoms with van der Waals surface area (Å²) < 4.78 is 0. The third kappa shape index (κ3) is 2.48. The first kappa shape index (κ1) is 12.5. The van der Waals surface area contributed by atoms with Gasteiger partial charge in [0.1, 0.15) is 0 Å². The molecule has 0 spiro atoms. The number of aryl methyl sites for hydroxylation is 1. The molecule has 2 aromatic carbocycles. The van der Waals surface area contributed by atoms with E-state index >= 15 is 0 Å². The van der Waals surface area contributed by atoms with Crippen LogP contribution in [0.1, 0.15) is 16.7 Å². The van der Waals surface area contributed by atoms with Gasteiger partial charge in [0.15, 0.2) is 0 Å². The molecule has 0 aromatic heterocycles. The van der Waals surface area contributed by atoms with Crippen LogP contribution in [0.2, 0.25) is 0 Å². The van der Waals surface area contributed by atoms with Gasteiger partial charge in [0, 0.05) is 25.0 Å². The molecule has 2 nitrogen and oxygen atoms in total. The highest BCUT2D eigenvalue weighted by Crippen LogP contribution is 2.25. The first-order valence-corrected chi connectivity index (χ1v) is 6.20. The number of nitrogens with two attached hydrogens (primary N) is 1. The number of nitrogens with zero attached hydrogens (tertiary/aromatic N) is 1. The molecular formula is C16H20N2. The Morgan fingerprint density at radius 3 is 2.44 bits per heavy atom. The summed E-state index contributed by atoms with van der Waals surface area (Å²) in [7, 11) is 2.11. The fraction of sp³-hybridized carbons (Fsp3) is 0.250. The molecule has 0 bridgehead atoms. The van der Waals surface area contributed by atoms with E-state index in [4.69, 9.17) is 5.73 Å². The van der Waals surface area contributed by atoms with Crippen LogP contribution in [0.5, 0.6) is 0 Å². The molecule has 0 amide bonds. The van der Waals surface area contributed by atoms with E-state index in [1.165, 1.54) is 16.8 Å². The zero-order valence-corrected chi connectivity index (χ0v) is 11.3. The standard InChI is InChI=1S/C16H20N2/c1-12-7-4-5-8-14(12)11-18(3)16-10-6-9-15(17)13(16)2/h4-10H,11,17H2,1-3H3. The zero-order chi connectivity index (χ0) is 13.1. The van der Waals surface area contributed by atoms with Crippen LogP contribution in [-0.4, -0.2) is 7.05 Å². The van der Waals surface area contributed by atoms with Gasteiger partial charge in [0.05, 0.1) is 0 Å². The summed E-state index contributed by atoms with van der Waals surface area (Å²) in [5.74, 6) is 0. The van der Waals surface area contributed by atoms with Gasteiger partial charge in [-0.3, -0.25) is 0 Å². The van der Waals surface area contributed by atoms with E-state index in [-0.39, 0.29) is 0 Å². The van der Waals surface area contributed by atoms with E-state index in [9.17, 15) is 0 Å². The van der Waals surface area contributed by atoms with E-state index in [0.29, 0.717) is 0 Å². The second-order valence-electron chi connectivity index (χ2n) is 4.77. The van der Waals surface area contributed by atoms with Crippen molar-refractivity contribution in [3.63, 3.8) is 0 Å². The van der Waals surface area contributed by atoms with Gasteiger partial charge in [-0.05, 0) is 42.7 Å². The lowest BCUT2D eigenvalue weighted by molar-refractivity contribution is 0.909. The van der Waals surface area contributed by atoms with Crippen molar-refractivity contribution in [2.75, 3.05) is 17.7 Å². The maximum Gasteiger partial charge on any atom is 0.0428 e. The number of hydrogen-bond donors (Lipinski definition) is 1. The quantitative estimate of drug-likeness (QED) is 0.832. The van der Waals surface area contributed by atoms with Gasteiger partial charge in [-0.25, -0.2) is 0 Å². The Hall–Kier alpha value is -1.96. The predicted octanol–water partition coefficient (Wildman–Crippen LogP) is 3.52. The van der Waals surface area contributed by atoms with E-state index in [0.717, 1.165) is 17.8 Å². The lowest BCUT2D eigenvalue weighted by atomic mass is 10.1. The second-order valence-corrected chi connectivity index (χ2v) is 4.77. The van der Waals surface area contributed by atoms with Crippen molar-refractivity contribution in [2.45, 2.75) is 20.4 Å². The second kappa shape index (κ2) is 5.13. The van der Waals surface area contributed by atoms with Crippen molar-refractivity contribution in [3.05, 3.63) is 59.2 Å². The summed E-state index contributed by atoms with van der Waals surface area (Å²) in [5.41, 5.74) is 11.8. The van der Waals surface area contributed by atoms with Crippen molar-refractivity contribution in [1.29, 1.82) is 0 Å². The van der Waals surface area contributed by atoms with Crippen LogP contribution < -0.4 is 10.6 Å². The van der Waals surface area contributed by atoms with E-state index in [2.05, 4.69) is 56.1 Å². The molecule has 2 N–H and O–H groups in total. The SMILES string of the molecule is Cc1ccccc1CN(C)c1cccc(N)c1C. The summed E-state index contributed by atoms with van der Waals surface area (Å²) in [6.45, 7) is 5.12. The highest BCUT2D eigenvalue weighted by atomic mass is 15.1. The predicted molar refractivity (Wildman–Crippen MR) is 78.9 cm³/mol. The monoisotopic (exact) mass is 240 g/mol. The number of rotatable bonds is 3. The summed E-state index contributed by atoms with van der Waals surface area (Å²) in [6, 6.07) is 14.5. The third-order valence-electron chi connectivity index (χ3n) is 3.43. The van der Waals surface area contributed by atoms with Gasteiger partial charge in [-0.15, -0.1) is 0 Å². The molecule has 18 heavy (non-hydrogen) atoms. The fourth-order valence-electron chi connectivity index (χ4n) is 2.18. The molecule has 2 aromatic rings. The van der Waals surface area contributed by atoms with Crippen LogP contribution in [0, 0.1) is 13.8 Å². The lowest BCUT2D eigenvalue weighted by Gasteiger charge is -2.23. The van der Waals surface area contributed by atoms with Crippen molar-refractivity contribution in [1.82, 2.24) is 0 Å². The Morgan fingerprint density at radius 1 is 1.00 bits per heavy atom. The average Bonchev–Trinajstić information content (AvgIpc) is 2.35. The lowest BCUT2D eigenvalue weighted by Crippen LogP contribution is -2.18. The molecule has 0 fully saturated rings. The average molecular weight is 240 g/mol.